The fourth-order valence-electron chi connectivity index (χ4n) is 3.42. The summed E-state index contributed by atoms with van der Waals surface area (Å²) in [7, 11) is 0. The third-order valence-corrected chi connectivity index (χ3v) is 4.87. The molecular weight excluding hydrogens is 314 g/mol. The van der Waals surface area contributed by atoms with E-state index in [1.54, 1.807) is 12.3 Å². The second-order valence-corrected chi connectivity index (χ2v) is 6.53. The van der Waals surface area contributed by atoms with Gasteiger partial charge in [0.2, 0.25) is 0 Å². The monoisotopic (exact) mass is 339 g/mol. The number of amides is 1. The van der Waals surface area contributed by atoms with E-state index in [0.717, 1.165) is 31.5 Å². The Kier molecular flexibility index (Phi) is 5.66. The van der Waals surface area contributed by atoms with Gasteiger partial charge in [-0.3, -0.25) is 9.59 Å². The van der Waals surface area contributed by atoms with Gasteiger partial charge in [0, 0.05) is 18.2 Å². The van der Waals surface area contributed by atoms with Crippen LogP contribution in [0.25, 0.3) is 0 Å². The first-order chi connectivity index (χ1) is 12.2. The molecule has 1 amide bonds. The van der Waals surface area contributed by atoms with Crippen LogP contribution in [-0.2, 0) is 0 Å². The molecule has 1 saturated heterocycles. The Labute approximate surface area is 148 Å². The average molecular weight is 339 g/mol. The lowest BCUT2D eigenvalue weighted by Crippen LogP contribution is -2.39. The minimum atomic E-state index is -0.164. The summed E-state index contributed by atoms with van der Waals surface area (Å²) in [5, 5.41) is 6.55. The highest BCUT2D eigenvalue weighted by molar-refractivity contribution is 6.00. The van der Waals surface area contributed by atoms with E-state index >= 15 is 0 Å². The van der Waals surface area contributed by atoms with Crippen LogP contribution in [0, 0.1) is 5.92 Å². The lowest BCUT2D eigenvalue weighted by Gasteiger charge is -2.31. The van der Waals surface area contributed by atoms with Crippen molar-refractivity contribution in [1.82, 2.24) is 15.6 Å². The molecule has 2 aromatic rings. The van der Waals surface area contributed by atoms with Crippen molar-refractivity contribution in [2.75, 3.05) is 13.1 Å². The molecule has 1 aliphatic heterocycles. The number of Topliss-reactive ketones (excluding diaryl/α,β-unsaturated/α-hetero) is 1. The van der Waals surface area contributed by atoms with Crippen molar-refractivity contribution in [2.24, 2.45) is 5.92 Å². The SMILES string of the molecule is CCC(=O)c1c[nH]c(C(=O)NC(c2ccccc2)C2CCNCC2)c1. The molecule has 3 N–H and O–H groups in total. The van der Waals surface area contributed by atoms with Crippen molar-refractivity contribution >= 4 is 11.7 Å². The van der Waals surface area contributed by atoms with Crippen LogP contribution in [0.5, 0.6) is 0 Å². The second-order valence-electron chi connectivity index (χ2n) is 6.53. The number of carbonyl (C=O) groups excluding carboxylic acids is 2. The third kappa shape index (κ3) is 4.17. The van der Waals surface area contributed by atoms with Crippen LogP contribution in [0.3, 0.4) is 0 Å². The number of piperidine rings is 1. The summed E-state index contributed by atoms with van der Waals surface area (Å²) in [5.41, 5.74) is 2.12. The maximum atomic E-state index is 12.7. The van der Waals surface area contributed by atoms with Crippen molar-refractivity contribution in [3.8, 4) is 0 Å². The molecule has 1 fully saturated rings. The zero-order chi connectivity index (χ0) is 17.6. The average Bonchev–Trinajstić information content (AvgIpc) is 3.17. The fraction of sp³-hybridized carbons (Fsp3) is 0.400. The molecule has 1 aliphatic rings. The van der Waals surface area contributed by atoms with Gasteiger partial charge in [-0.05, 0) is 43.5 Å². The first-order valence-electron chi connectivity index (χ1n) is 8.97. The summed E-state index contributed by atoms with van der Waals surface area (Å²) < 4.78 is 0. The number of benzene rings is 1. The van der Waals surface area contributed by atoms with Gasteiger partial charge in [-0.1, -0.05) is 37.3 Å². The number of aromatic amines is 1. The van der Waals surface area contributed by atoms with Crippen LogP contribution >= 0.6 is 0 Å². The van der Waals surface area contributed by atoms with E-state index in [2.05, 4.69) is 27.8 Å². The highest BCUT2D eigenvalue weighted by Crippen LogP contribution is 2.29. The van der Waals surface area contributed by atoms with Crippen LogP contribution in [0.15, 0.2) is 42.6 Å². The van der Waals surface area contributed by atoms with E-state index in [1.165, 1.54) is 0 Å². The number of nitrogens with one attached hydrogen (secondary N) is 3. The molecule has 2 heterocycles. The number of ketones is 1. The van der Waals surface area contributed by atoms with Crippen molar-refractivity contribution in [3.05, 3.63) is 59.4 Å². The minimum absolute atomic E-state index is 0.0237. The summed E-state index contributed by atoms with van der Waals surface area (Å²) in [4.78, 5) is 27.4. The van der Waals surface area contributed by atoms with Gasteiger partial charge in [-0.2, -0.15) is 0 Å². The molecule has 25 heavy (non-hydrogen) atoms. The molecule has 0 spiro atoms. The van der Waals surface area contributed by atoms with Gasteiger partial charge in [0.1, 0.15) is 5.69 Å². The van der Waals surface area contributed by atoms with Crippen molar-refractivity contribution in [1.29, 1.82) is 0 Å². The van der Waals surface area contributed by atoms with Gasteiger partial charge in [0.25, 0.3) is 5.91 Å². The summed E-state index contributed by atoms with van der Waals surface area (Å²) >= 11 is 0. The normalized spacial score (nSPS) is 16.4. The molecule has 3 rings (SSSR count). The molecule has 0 saturated carbocycles. The third-order valence-electron chi connectivity index (χ3n) is 4.87. The van der Waals surface area contributed by atoms with Crippen molar-refractivity contribution in [3.63, 3.8) is 0 Å². The molecule has 5 nitrogen and oxygen atoms in total. The lowest BCUT2D eigenvalue weighted by atomic mass is 9.86. The van der Waals surface area contributed by atoms with Gasteiger partial charge in [0.05, 0.1) is 6.04 Å². The Morgan fingerprint density at radius 1 is 1.20 bits per heavy atom. The second kappa shape index (κ2) is 8.12. The van der Waals surface area contributed by atoms with Crippen LogP contribution in [-0.4, -0.2) is 29.8 Å². The Morgan fingerprint density at radius 3 is 2.60 bits per heavy atom. The van der Waals surface area contributed by atoms with Gasteiger partial charge in [0.15, 0.2) is 5.78 Å². The van der Waals surface area contributed by atoms with Crippen LogP contribution in [0.4, 0.5) is 0 Å². The first-order valence-corrected chi connectivity index (χ1v) is 8.97. The van der Waals surface area contributed by atoms with E-state index in [-0.39, 0.29) is 17.7 Å². The highest BCUT2D eigenvalue weighted by atomic mass is 16.2. The van der Waals surface area contributed by atoms with Crippen LogP contribution in [0.1, 0.15) is 58.6 Å². The molecule has 1 atom stereocenters. The summed E-state index contributed by atoms with van der Waals surface area (Å²) in [5.74, 6) is 0.273. The van der Waals surface area contributed by atoms with E-state index in [4.69, 9.17) is 0 Å². The Balaban J connectivity index is 1.78. The topological polar surface area (TPSA) is 74.0 Å². The standard InChI is InChI=1S/C20H25N3O2/c1-2-18(24)16-12-17(22-13-16)20(25)23-19(14-6-4-3-5-7-14)15-8-10-21-11-9-15/h3-7,12-13,15,19,21-22H,2,8-11H2,1H3,(H,23,25). The number of rotatable bonds is 6. The highest BCUT2D eigenvalue weighted by Gasteiger charge is 2.27. The van der Waals surface area contributed by atoms with Gasteiger partial charge < -0.3 is 15.6 Å². The molecule has 132 valence electrons. The predicted molar refractivity (Wildman–Crippen MR) is 97.7 cm³/mol. The fourth-order valence-corrected chi connectivity index (χ4v) is 3.42. The smallest absolute Gasteiger partial charge is 0.268 e. The van der Waals surface area contributed by atoms with E-state index < -0.39 is 0 Å². The minimum Gasteiger partial charge on any atom is -0.356 e. The molecule has 0 aliphatic carbocycles. The maximum absolute atomic E-state index is 12.7. The zero-order valence-corrected chi connectivity index (χ0v) is 14.5. The molecule has 5 heteroatoms. The van der Waals surface area contributed by atoms with E-state index in [0.29, 0.717) is 23.6 Å². The first kappa shape index (κ1) is 17.4. The predicted octanol–water partition coefficient (Wildman–Crippen LogP) is 3.08. The number of carbonyl (C=O) groups is 2. The molecule has 1 aromatic carbocycles. The summed E-state index contributed by atoms with van der Waals surface area (Å²) in [6.07, 6.45) is 4.11. The van der Waals surface area contributed by atoms with Gasteiger partial charge >= 0.3 is 0 Å². The molecule has 1 aromatic heterocycles. The molecular formula is C20H25N3O2. The van der Waals surface area contributed by atoms with E-state index in [9.17, 15) is 9.59 Å². The summed E-state index contributed by atoms with van der Waals surface area (Å²) in [6, 6.07) is 11.7. The molecule has 1 unspecified atom stereocenters. The number of hydrogen-bond donors (Lipinski definition) is 3. The largest absolute Gasteiger partial charge is 0.356 e. The van der Waals surface area contributed by atoms with Gasteiger partial charge in [-0.15, -0.1) is 0 Å². The molecule has 0 bridgehead atoms. The molecule has 0 radical (unpaired) electrons. The quantitative estimate of drug-likeness (QED) is 0.708. The maximum Gasteiger partial charge on any atom is 0.268 e. The Bertz CT molecular complexity index is 718. The zero-order valence-electron chi connectivity index (χ0n) is 14.5. The van der Waals surface area contributed by atoms with Crippen molar-refractivity contribution < 1.29 is 9.59 Å². The van der Waals surface area contributed by atoms with E-state index in [1.807, 2.05) is 25.1 Å². The Morgan fingerprint density at radius 2 is 1.92 bits per heavy atom. The number of H-pyrrole nitrogens is 1. The Hall–Kier alpha value is -2.40. The number of aromatic nitrogens is 1. The summed E-state index contributed by atoms with van der Waals surface area (Å²) in [6.45, 7) is 3.76. The van der Waals surface area contributed by atoms with Crippen LogP contribution in [0.2, 0.25) is 0 Å². The van der Waals surface area contributed by atoms with Crippen LogP contribution < -0.4 is 10.6 Å². The lowest BCUT2D eigenvalue weighted by molar-refractivity contribution is 0.0909. The van der Waals surface area contributed by atoms with Crippen molar-refractivity contribution in [2.45, 2.75) is 32.2 Å². The number of hydrogen-bond acceptors (Lipinski definition) is 3. The van der Waals surface area contributed by atoms with Gasteiger partial charge in [-0.25, -0.2) is 0 Å².